The first-order valence-corrected chi connectivity index (χ1v) is 6.58. The smallest absolute Gasteiger partial charge is 0.123 e. The largest absolute Gasteiger partial charge is 0.207 e. The van der Waals surface area contributed by atoms with Gasteiger partial charge in [-0.1, -0.05) is 31.4 Å². The molecule has 1 aromatic carbocycles. The summed E-state index contributed by atoms with van der Waals surface area (Å²) in [6, 6.07) is 6.79. The molecule has 1 aliphatic rings. The van der Waals surface area contributed by atoms with Crippen molar-refractivity contribution in [2.75, 3.05) is 0 Å². The van der Waals surface area contributed by atoms with Crippen LogP contribution in [0.15, 0.2) is 24.3 Å². The van der Waals surface area contributed by atoms with Gasteiger partial charge < -0.3 is 0 Å². The third-order valence-electron chi connectivity index (χ3n) is 3.48. The van der Waals surface area contributed by atoms with Crippen molar-refractivity contribution in [3.63, 3.8) is 0 Å². The van der Waals surface area contributed by atoms with Gasteiger partial charge in [-0.2, -0.15) is 0 Å². The van der Waals surface area contributed by atoms with Gasteiger partial charge in [-0.15, -0.1) is 11.6 Å². The molecule has 0 N–H and O–H groups in total. The number of rotatable bonds is 3. The fourth-order valence-corrected chi connectivity index (χ4v) is 2.98. The fourth-order valence-electron chi connectivity index (χ4n) is 2.55. The van der Waals surface area contributed by atoms with Crippen molar-refractivity contribution in [3.05, 3.63) is 35.6 Å². The van der Waals surface area contributed by atoms with Gasteiger partial charge in [0.25, 0.3) is 0 Å². The van der Waals surface area contributed by atoms with Crippen molar-refractivity contribution in [2.45, 2.75) is 43.9 Å². The Morgan fingerprint density at radius 1 is 1.25 bits per heavy atom. The summed E-state index contributed by atoms with van der Waals surface area (Å²) in [5.74, 6) is 0.462. The second-order valence-corrected chi connectivity index (χ2v) is 5.31. The van der Waals surface area contributed by atoms with Crippen LogP contribution in [0.4, 0.5) is 4.39 Å². The van der Waals surface area contributed by atoms with Crippen molar-refractivity contribution in [1.82, 2.24) is 0 Å². The minimum atomic E-state index is -0.162. The molecule has 0 aromatic heterocycles. The van der Waals surface area contributed by atoms with E-state index in [2.05, 4.69) is 0 Å². The minimum Gasteiger partial charge on any atom is -0.207 e. The Bertz CT molecular complexity index is 331. The normalized spacial score (nSPS) is 19.6. The summed E-state index contributed by atoms with van der Waals surface area (Å²) in [6.07, 6.45) is 7.23. The fraction of sp³-hybridized carbons (Fsp3) is 0.571. The van der Waals surface area contributed by atoms with Gasteiger partial charge in [0.1, 0.15) is 5.82 Å². The predicted octanol–water partition coefficient (Wildman–Crippen LogP) is 4.56. The Balaban J connectivity index is 1.93. The summed E-state index contributed by atoms with van der Waals surface area (Å²) >= 11 is 6.42. The van der Waals surface area contributed by atoms with Crippen molar-refractivity contribution in [3.8, 4) is 0 Å². The molecule has 1 unspecified atom stereocenters. The van der Waals surface area contributed by atoms with Gasteiger partial charge in [0.05, 0.1) is 0 Å². The lowest BCUT2D eigenvalue weighted by Gasteiger charge is -2.26. The van der Waals surface area contributed by atoms with Crippen molar-refractivity contribution >= 4 is 11.6 Å². The molecule has 1 atom stereocenters. The molecule has 1 fully saturated rings. The second-order valence-electron chi connectivity index (χ2n) is 4.75. The quantitative estimate of drug-likeness (QED) is 0.680. The Morgan fingerprint density at radius 2 is 2.00 bits per heavy atom. The van der Waals surface area contributed by atoms with Gasteiger partial charge in [0.2, 0.25) is 0 Å². The van der Waals surface area contributed by atoms with Crippen LogP contribution in [0.1, 0.15) is 37.7 Å². The summed E-state index contributed by atoms with van der Waals surface area (Å²) in [7, 11) is 0. The Labute approximate surface area is 102 Å². The zero-order valence-electron chi connectivity index (χ0n) is 9.46. The maximum Gasteiger partial charge on any atom is 0.123 e. The molecule has 88 valence electrons. The van der Waals surface area contributed by atoms with Gasteiger partial charge in [0.15, 0.2) is 0 Å². The van der Waals surface area contributed by atoms with Crippen LogP contribution < -0.4 is 0 Å². The summed E-state index contributed by atoms with van der Waals surface area (Å²) < 4.78 is 13.0. The van der Waals surface area contributed by atoms with E-state index in [0.29, 0.717) is 5.92 Å². The summed E-state index contributed by atoms with van der Waals surface area (Å²) in [5.41, 5.74) is 1.02. The molecule has 0 spiro atoms. The first-order valence-electron chi connectivity index (χ1n) is 6.14. The van der Waals surface area contributed by atoms with Gasteiger partial charge in [-0.3, -0.25) is 0 Å². The van der Waals surface area contributed by atoms with Crippen LogP contribution in [0, 0.1) is 11.7 Å². The molecule has 0 radical (unpaired) electrons. The Morgan fingerprint density at radius 3 is 2.69 bits per heavy atom. The van der Waals surface area contributed by atoms with Crippen molar-refractivity contribution in [1.29, 1.82) is 0 Å². The lowest BCUT2D eigenvalue weighted by Crippen LogP contribution is -2.20. The molecule has 2 rings (SSSR count). The van der Waals surface area contributed by atoms with Crippen LogP contribution in [0.5, 0.6) is 0 Å². The molecule has 1 saturated carbocycles. The second kappa shape index (κ2) is 5.67. The van der Waals surface area contributed by atoms with Gasteiger partial charge in [0, 0.05) is 5.38 Å². The van der Waals surface area contributed by atoms with Crippen LogP contribution in [0.3, 0.4) is 0 Å². The molecule has 0 aliphatic heterocycles. The Hall–Kier alpha value is -0.560. The van der Waals surface area contributed by atoms with Crippen LogP contribution in [-0.2, 0) is 6.42 Å². The molecule has 0 nitrogen and oxygen atoms in total. The molecule has 1 aliphatic carbocycles. The Kier molecular flexibility index (Phi) is 4.22. The highest BCUT2D eigenvalue weighted by Crippen LogP contribution is 2.30. The lowest BCUT2D eigenvalue weighted by atomic mass is 9.85. The molecule has 16 heavy (non-hydrogen) atoms. The van der Waals surface area contributed by atoms with E-state index in [-0.39, 0.29) is 11.2 Å². The number of hydrogen-bond acceptors (Lipinski definition) is 0. The zero-order chi connectivity index (χ0) is 11.4. The average Bonchev–Trinajstić information content (AvgIpc) is 2.30. The third kappa shape index (κ3) is 3.21. The molecule has 0 heterocycles. The monoisotopic (exact) mass is 240 g/mol. The van der Waals surface area contributed by atoms with Crippen LogP contribution in [0.2, 0.25) is 0 Å². The van der Waals surface area contributed by atoms with Crippen molar-refractivity contribution < 1.29 is 4.39 Å². The number of benzene rings is 1. The molecule has 2 heteroatoms. The molecular weight excluding hydrogens is 223 g/mol. The van der Waals surface area contributed by atoms with E-state index < -0.39 is 0 Å². The summed E-state index contributed by atoms with van der Waals surface area (Å²) in [6.45, 7) is 0. The highest BCUT2D eigenvalue weighted by molar-refractivity contribution is 6.20. The SMILES string of the molecule is Fc1cccc(CC(Cl)C2CCCCC2)c1. The molecule has 1 aromatic rings. The first kappa shape index (κ1) is 11.9. The zero-order valence-corrected chi connectivity index (χ0v) is 10.2. The molecule has 0 saturated heterocycles. The summed E-state index contributed by atoms with van der Waals surface area (Å²) in [4.78, 5) is 0. The van der Waals surface area contributed by atoms with Gasteiger partial charge in [-0.05, 0) is 42.9 Å². The summed E-state index contributed by atoms with van der Waals surface area (Å²) in [5, 5.41) is 0.169. The van der Waals surface area contributed by atoms with E-state index in [0.717, 1.165) is 12.0 Å². The number of hydrogen-bond donors (Lipinski definition) is 0. The first-order chi connectivity index (χ1) is 7.75. The van der Waals surface area contributed by atoms with Crippen LogP contribution >= 0.6 is 11.6 Å². The van der Waals surface area contributed by atoms with Crippen molar-refractivity contribution in [2.24, 2.45) is 5.92 Å². The predicted molar refractivity (Wildman–Crippen MR) is 66.3 cm³/mol. The van der Waals surface area contributed by atoms with Crippen LogP contribution in [-0.4, -0.2) is 5.38 Å². The lowest BCUT2D eigenvalue weighted by molar-refractivity contribution is 0.344. The van der Waals surface area contributed by atoms with E-state index >= 15 is 0 Å². The minimum absolute atomic E-state index is 0.162. The number of halogens is 2. The highest BCUT2D eigenvalue weighted by Gasteiger charge is 2.21. The maximum absolute atomic E-state index is 13.0. The van der Waals surface area contributed by atoms with Gasteiger partial charge in [-0.25, -0.2) is 4.39 Å². The molecule has 0 amide bonds. The van der Waals surface area contributed by atoms with E-state index in [1.54, 1.807) is 12.1 Å². The maximum atomic E-state index is 13.0. The topological polar surface area (TPSA) is 0 Å². The third-order valence-corrected chi connectivity index (χ3v) is 3.99. The molecule has 0 bridgehead atoms. The number of alkyl halides is 1. The van der Waals surface area contributed by atoms with Gasteiger partial charge >= 0.3 is 0 Å². The van der Waals surface area contributed by atoms with E-state index in [4.69, 9.17) is 11.6 Å². The average molecular weight is 241 g/mol. The van der Waals surface area contributed by atoms with E-state index in [9.17, 15) is 4.39 Å². The standard InChI is InChI=1S/C14H18ClF/c15-14(12-6-2-1-3-7-12)10-11-5-4-8-13(16)9-11/h4-5,8-9,12,14H,1-3,6-7,10H2. The van der Waals surface area contributed by atoms with E-state index in [1.165, 1.54) is 38.2 Å². The molecular formula is C14H18ClF. The highest BCUT2D eigenvalue weighted by atomic mass is 35.5. The van der Waals surface area contributed by atoms with E-state index in [1.807, 2.05) is 6.07 Å². The van der Waals surface area contributed by atoms with Crippen LogP contribution in [0.25, 0.3) is 0 Å².